The van der Waals surface area contributed by atoms with Gasteiger partial charge in [-0.05, 0) is 55.0 Å². The van der Waals surface area contributed by atoms with Crippen molar-refractivity contribution in [2.45, 2.75) is 31.7 Å². The van der Waals surface area contributed by atoms with Gasteiger partial charge in [-0.15, -0.1) is 0 Å². The Hall–Kier alpha value is -3.81. The molecule has 0 spiro atoms. The fourth-order valence-electron chi connectivity index (χ4n) is 3.60. The Kier molecular flexibility index (Phi) is 4.82. The topological polar surface area (TPSA) is 97.6 Å². The maximum atomic E-state index is 12.7. The van der Waals surface area contributed by atoms with Crippen molar-refractivity contribution in [2.75, 3.05) is 10.6 Å². The molecule has 3 heterocycles. The van der Waals surface area contributed by atoms with Crippen LogP contribution in [-0.4, -0.2) is 30.6 Å². The molecule has 1 atom stereocenters. The molecule has 5 rings (SSSR count). The molecule has 31 heavy (non-hydrogen) atoms. The summed E-state index contributed by atoms with van der Waals surface area (Å²) in [6.45, 7) is 2.04. The van der Waals surface area contributed by atoms with Gasteiger partial charge in [0, 0.05) is 25.1 Å². The number of nitrogens with zero attached hydrogens (tertiary/aromatic N) is 5. The van der Waals surface area contributed by atoms with Gasteiger partial charge < -0.3 is 10.6 Å². The van der Waals surface area contributed by atoms with Crippen molar-refractivity contribution >= 4 is 28.6 Å². The molecule has 1 saturated carbocycles. The van der Waals surface area contributed by atoms with E-state index in [4.69, 9.17) is 0 Å². The summed E-state index contributed by atoms with van der Waals surface area (Å²) < 4.78 is 1.70. The highest BCUT2D eigenvalue weighted by atomic mass is 16.1. The smallest absolute Gasteiger partial charge is 0.257 e. The Morgan fingerprint density at radius 3 is 2.87 bits per heavy atom. The molecule has 2 N–H and O–H groups in total. The molecule has 8 nitrogen and oxygen atoms in total. The number of amides is 1. The lowest BCUT2D eigenvalue weighted by molar-refractivity contribution is 0.102. The van der Waals surface area contributed by atoms with E-state index < -0.39 is 0 Å². The molecule has 0 unspecified atom stereocenters. The average molecular weight is 413 g/mol. The van der Waals surface area contributed by atoms with Crippen molar-refractivity contribution in [1.82, 2.24) is 24.7 Å². The van der Waals surface area contributed by atoms with Crippen molar-refractivity contribution in [1.29, 1.82) is 0 Å². The van der Waals surface area contributed by atoms with Gasteiger partial charge in [0.15, 0.2) is 5.65 Å². The molecule has 0 bridgehead atoms. The molecule has 4 aromatic rings. The number of hydrogen-bond acceptors (Lipinski definition) is 6. The number of carbonyl (C=O) groups is 1. The normalized spacial score (nSPS) is 14.4. The lowest BCUT2D eigenvalue weighted by Crippen LogP contribution is -2.14. The first-order valence-corrected chi connectivity index (χ1v) is 10.3. The Bertz CT molecular complexity index is 1260. The Morgan fingerprint density at radius 2 is 2.03 bits per heavy atom. The van der Waals surface area contributed by atoms with Gasteiger partial charge in [-0.25, -0.2) is 14.6 Å². The zero-order chi connectivity index (χ0) is 21.4. The third-order valence-corrected chi connectivity index (χ3v) is 5.52. The lowest BCUT2D eigenvalue weighted by atomic mass is 10.1. The van der Waals surface area contributed by atoms with Crippen LogP contribution >= 0.6 is 0 Å². The van der Waals surface area contributed by atoms with E-state index >= 15 is 0 Å². The number of rotatable bonds is 6. The van der Waals surface area contributed by atoms with E-state index in [0.717, 1.165) is 28.0 Å². The van der Waals surface area contributed by atoms with E-state index in [1.807, 2.05) is 50.5 Å². The third kappa shape index (κ3) is 4.09. The summed E-state index contributed by atoms with van der Waals surface area (Å²) >= 11 is 0. The Morgan fingerprint density at radius 1 is 1.16 bits per heavy atom. The van der Waals surface area contributed by atoms with E-state index in [1.54, 1.807) is 23.3 Å². The summed E-state index contributed by atoms with van der Waals surface area (Å²) in [5.41, 5.74) is 4.97. The predicted octanol–water partition coefficient (Wildman–Crippen LogP) is 4.06. The van der Waals surface area contributed by atoms with Crippen molar-refractivity contribution in [3.05, 3.63) is 71.8 Å². The summed E-state index contributed by atoms with van der Waals surface area (Å²) in [4.78, 5) is 25.9. The van der Waals surface area contributed by atoms with E-state index in [0.29, 0.717) is 17.3 Å². The van der Waals surface area contributed by atoms with Gasteiger partial charge in [0.05, 0.1) is 24.0 Å². The van der Waals surface area contributed by atoms with Crippen molar-refractivity contribution in [2.24, 2.45) is 7.05 Å². The molecular weight excluding hydrogens is 390 g/mol. The van der Waals surface area contributed by atoms with Gasteiger partial charge in [-0.3, -0.25) is 9.78 Å². The fraction of sp³-hybridized carbons (Fsp3) is 0.261. The first-order chi connectivity index (χ1) is 15.1. The Balaban J connectivity index is 1.30. The summed E-state index contributed by atoms with van der Waals surface area (Å²) in [5, 5.41) is 10.5. The van der Waals surface area contributed by atoms with Crippen molar-refractivity contribution < 1.29 is 4.79 Å². The van der Waals surface area contributed by atoms with Crippen LogP contribution in [-0.2, 0) is 7.05 Å². The zero-order valence-corrected chi connectivity index (χ0v) is 17.4. The number of fused-ring (bicyclic) bond motifs is 1. The van der Waals surface area contributed by atoms with Crippen LogP contribution in [0.1, 0.15) is 53.2 Å². The van der Waals surface area contributed by atoms with Crippen LogP contribution in [0.25, 0.3) is 11.2 Å². The van der Waals surface area contributed by atoms with Gasteiger partial charge in [-0.2, -0.15) is 5.10 Å². The molecular formula is C23H23N7O. The number of benzene rings is 1. The van der Waals surface area contributed by atoms with E-state index in [2.05, 4.69) is 30.7 Å². The molecule has 3 aromatic heterocycles. The Labute approximate surface area is 179 Å². The second-order valence-corrected chi connectivity index (χ2v) is 7.96. The molecule has 8 heteroatoms. The van der Waals surface area contributed by atoms with Crippen LogP contribution < -0.4 is 10.6 Å². The minimum absolute atomic E-state index is 0.0308. The molecule has 1 aromatic carbocycles. The van der Waals surface area contributed by atoms with Crippen molar-refractivity contribution in [3.8, 4) is 0 Å². The van der Waals surface area contributed by atoms with Gasteiger partial charge in [0.25, 0.3) is 5.91 Å². The number of anilines is 2. The highest BCUT2D eigenvalue weighted by Gasteiger charge is 2.24. The minimum Gasteiger partial charge on any atom is -0.362 e. The first kappa shape index (κ1) is 19.2. The van der Waals surface area contributed by atoms with Gasteiger partial charge in [-0.1, -0.05) is 12.1 Å². The van der Waals surface area contributed by atoms with E-state index in [-0.39, 0.29) is 11.9 Å². The monoisotopic (exact) mass is 413 g/mol. The molecule has 0 aliphatic heterocycles. The highest BCUT2D eigenvalue weighted by molar-refractivity contribution is 6.04. The third-order valence-electron chi connectivity index (χ3n) is 5.52. The highest BCUT2D eigenvalue weighted by Crippen LogP contribution is 2.39. The van der Waals surface area contributed by atoms with Crippen LogP contribution in [0.2, 0.25) is 0 Å². The van der Waals surface area contributed by atoms with Crippen LogP contribution in [0.15, 0.2) is 55.1 Å². The lowest BCUT2D eigenvalue weighted by Gasteiger charge is -2.16. The van der Waals surface area contributed by atoms with E-state index in [9.17, 15) is 4.79 Å². The zero-order valence-electron chi connectivity index (χ0n) is 17.4. The SMILES string of the molecule is C[C@H](Nc1cnc2cnn(C)c2n1)c1cccc(NC(=O)c2cncc(C3CC3)c2)c1. The maximum absolute atomic E-state index is 12.7. The molecule has 1 aliphatic rings. The van der Waals surface area contributed by atoms with Gasteiger partial charge in [0.1, 0.15) is 11.3 Å². The molecule has 0 saturated heterocycles. The maximum Gasteiger partial charge on any atom is 0.257 e. The van der Waals surface area contributed by atoms with Crippen LogP contribution in [0.4, 0.5) is 11.5 Å². The number of hydrogen-bond donors (Lipinski definition) is 2. The number of nitrogens with one attached hydrogen (secondary N) is 2. The number of pyridine rings is 1. The van der Waals surface area contributed by atoms with Crippen LogP contribution in [0, 0.1) is 0 Å². The first-order valence-electron chi connectivity index (χ1n) is 10.3. The molecule has 0 radical (unpaired) electrons. The number of carbonyl (C=O) groups excluding carboxylic acids is 1. The second kappa shape index (κ2) is 7.79. The number of aromatic nitrogens is 5. The standard InChI is InChI=1S/C23H23N7O/c1-14(27-21-13-25-20-12-26-30(2)22(20)29-21)16-4-3-5-19(9-16)28-23(31)18-8-17(10-24-11-18)15-6-7-15/h3-5,8-15H,6-7H2,1-2H3,(H,27,29)(H,28,31)/t14-/m0/s1. The van der Waals surface area contributed by atoms with Gasteiger partial charge >= 0.3 is 0 Å². The van der Waals surface area contributed by atoms with Crippen LogP contribution in [0.5, 0.6) is 0 Å². The predicted molar refractivity (Wildman–Crippen MR) is 119 cm³/mol. The van der Waals surface area contributed by atoms with Crippen molar-refractivity contribution in [3.63, 3.8) is 0 Å². The molecule has 1 aliphatic carbocycles. The summed E-state index contributed by atoms with van der Waals surface area (Å²) in [6.07, 6.45) is 9.22. The minimum atomic E-state index is -0.153. The molecule has 1 amide bonds. The van der Waals surface area contributed by atoms with E-state index in [1.165, 1.54) is 12.8 Å². The molecule has 1 fully saturated rings. The van der Waals surface area contributed by atoms with Gasteiger partial charge in [0.2, 0.25) is 0 Å². The largest absolute Gasteiger partial charge is 0.362 e. The summed E-state index contributed by atoms with van der Waals surface area (Å²) in [5.74, 6) is 1.07. The summed E-state index contributed by atoms with van der Waals surface area (Å²) in [6, 6.07) is 9.70. The summed E-state index contributed by atoms with van der Waals surface area (Å²) in [7, 11) is 1.84. The molecule has 156 valence electrons. The van der Waals surface area contributed by atoms with Crippen LogP contribution in [0.3, 0.4) is 0 Å². The average Bonchev–Trinajstić information content (AvgIpc) is 3.58. The number of aryl methyl sites for hydroxylation is 1. The quantitative estimate of drug-likeness (QED) is 0.495. The fourth-order valence-corrected chi connectivity index (χ4v) is 3.60. The second-order valence-electron chi connectivity index (χ2n) is 7.96.